The molecule has 4 rings (SSSR count). The number of hydrogen-bond acceptors (Lipinski definition) is 6. The minimum Gasteiger partial charge on any atom is -0.371 e. The van der Waals surface area contributed by atoms with Crippen LogP contribution in [0.25, 0.3) is 10.7 Å². The summed E-state index contributed by atoms with van der Waals surface area (Å²) in [6.45, 7) is 1.14. The Morgan fingerprint density at radius 1 is 1.32 bits per heavy atom. The Labute approximate surface area is 148 Å². The van der Waals surface area contributed by atoms with E-state index in [9.17, 15) is 4.79 Å². The molecule has 1 N–H and O–H groups in total. The molecule has 1 unspecified atom stereocenters. The van der Waals surface area contributed by atoms with Crippen molar-refractivity contribution in [2.45, 2.75) is 19.1 Å². The highest BCUT2D eigenvalue weighted by Gasteiger charge is 2.21. The van der Waals surface area contributed by atoms with Gasteiger partial charge in [-0.05, 0) is 34.2 Å². The fraction of sp³-hybridized carbons (Fsp3) is 0.294. The second kappa shape index (κ2) is 7.12. The summed E-state index contributed by atoms with van der Waals surface area (Å²) in [7, 11) is 0. The number of benzene rings is 1. The molecule has 0 fully saturated rings. The minimum atomic E-state index is -0.165. The highest BCUT2D eigenvalue weighted by atomic mass is 32.1. The Morgan fingerprint density at radius 2 is 2.24 bits per heavy atom. The summed E-state index contributed by atoms with van der Waals surface area (Å²) < 4.78 is 5.79. The number of nitrogens with one attached hydrogen (secondary N) is 1. The van der Waals surface area contributed by atoms with Crippen LogP contribution in [0.5, 0.6) is 0 Å². The quantitative estimate of drug-likeness (QED) is 0.755. The van der Waals surface area contributed by atoms with Gasteiger partial charge in [0.2, 0.25) is 11.7 Å². The number of ether oxygens (including phenoxy) is 1. The number of rotatable bonds is 5. The summed E-state index contributed by atoms with van der Waals surface area (Å²) in [5, 5.41) is 17.0. The van der Waals surface area contributed by atoms with Crippen LogP contribution >= 0.6 is 11.3 Å². The second-order valence-corrected chi connectivity index (χ2v) is 6.68. The number of amides is 1. The van der Waals surface area contributed by atoms with Crippen LogP contribution in [-0.2, 0) is 22.5 Å². The van der Waals surface area contributed by atoms with E-state index < -0.39 is 0 Å². The fourth-order valence-corrected chi connectivity index (χ4v) is 3.50. The number of carbonyl (C=O) groups excluding carboxylic acids is 1. The molecule has 0 saturated heterocycles. The lowest BCUT2D eigenvalue weighted by atomic mass is 9.97. The van der Waals surface area contributed by atoms with Crippen molar-refractivity contribution in [2.75, 3.05) is 13.2 Å². The average molecular weight is 355 g/mol. The molecule has 1 amide bonds. The van der Waals surface area contributed by atoms with Crippen LogP contribution in [0.3, 0.4) is 0 Å². The van der Waals surface area contributed by atoms with Crippen LogP contribution in [-0.4, -0.2) is 39.3 Å². The molecule has 2 aromatic heterocycles. The molecule has 7 nitrogen and oxygen atoms in total. The van der Waals surface area contributed by atoms with Gasteiger partial charge >= 0.3 is 0 Å². The number of tetrazole rings is 1. The molecular weight excluding hydrogens is 338 g/mol. The first-order valence-corrected chi connectivity index (χ1v) is 8.95. The Hall–Kier alpha value is -2.58. The first-order valence-electron chi connectivity index (χ1n) is 8.07. The molecule has 1 atom stereocenters. The largest absolute Gasteiger partial charge is 0.371 e. The van der Waals surface area contributed by atoms with Gasteiger partial charge < -0.3 is 10.1 Å². The van der Waals surface area contributed by atoms with E-state index in [-0.39, 0.29) is 18.6 Å². The molecule has 1 aliphatic heterocycles. The van der Waals surface area contributed by atoms with Crippen LogP contribution in [0.15, 0.2) is 41.8 Å². The van der Waals surface area contributed by atoms with Crippen LogP contribution in [0.2, 0.25) is 0 Å². The third kappa shape index (κ3) is 3.59. The van der Waals surface area contributed by atoms with Gasteiger partial charge in [-0.25, -0.2) is 0 Å². The molecule has 3 heterocycles. The summed E-state index contributed by atoms with van der Waals surface area (Å²) >= 11 is 1.54. The first kappa shape index (κ1) is 15.9. The maximum Gasteiger partial charge on any atom is 0.243 e. The smallest absolute Gasteiger partial charge is 0.243 e. The highest BCUT2D eigenvalue weighted by molar-refractivity contribution is 7.13. The lowest BCUT2D eigenvalue weighted by Crippen LogP contribution is -2.34. The van der Waals surface area contributed by atoms with Crippen molar-refractivity contribution in [3.63, 3.8) is 0 Å². The van der Waals surface area contributed by atoms with Crippen LogP contribution in [0, 0.1) is 0 Å². The predicted octanol–water partition coefficient (Wildman–Crippen LogP) is 1.83. The van der Waals surface area contributed by atoms with Gasteiger partial charge in [-0.15, -0.1) is 21.5 Å². The molecule has 0 spiro atoms. The molecule has 0 aliphatic carbocycles. The standard InChI is InChI=1S/C17H17N5O2S/c23-16(11-22-20-17(19-21-22)15-6-3-9-25-15)18-10-14-13-5-2-1-4-12(13)7-8-24-14/h1-6,9,14H,7-8,10-11H2,(H,18,23). The SMILES string of the molecule is O=C(Cn1nnc(-c2cccs2)n1)NCC1OCCc2ccccc21. The van der Waals surface area contributed by atoms with Crippen molar-refractivity contribution < 1.29 is 9.53 Å². The summed E-state index contributed by atoms with van der Waals surface area (Å²) in [6.07, 6.45) is 0.800. The van der Waals surface area contributed by atoms with E-state index in [1.807, 2.05) is 29.6 Å². The van der Waals surface area contributed by atoms with Gasteiger partial charge in [0.1, 0.15) is 12.6 Å². The van der Waals surface area contributed by atoms with Crippen molar-refractivity contribution in [1.29, 1.82) is 0 Å². The van der Waals surface area contributed by atoms with Gasteiger partial charge in [-0.2, -0.15) is 4.80 Å². The zero-order valence-electron chi connectivity index (χ0n) is 13.5. The Balaban J connectivity index is 1.34. The Bertz CT molecular complexity index is 862. The van der Waals surface area contributed by atoms with Crippen molar-refractivity contribution in [3.05, 3.63) is 52.9 Å². The zero-order valence-corrected chi connectivity index (χ0v) is 14.3. The molecule has 1 aromatic carbocycles. The summed E-state index contributed by atoms with van der Waals surface area (Å²) in [5.41, 5.74) is 2.43. The van der Waals surface area contributed by atoms with Gasteiger partial charge in [-0.1, -0.05) is 30.3 Å². The summed E-state index contributed by atoms with van der Waals surface area (Å²) in [4.78, 5) is 14.4. The van der Waals surface area contributed by atoms with E-state index >= 15 is 0 Å². The molecule has 128 valence electrons. The van der Waals surface area contributed by atoms with E-state index in [4.69, 9.17) is 4.74 Å². The average Bonchev–Trinajstić information content (AvgIpc) is 3.31. The molecular formula is C17H17N5O2S. The third-order valence-corrected chi connectivity index (χ3v) is 4.92. The van der Waals surface area contributed by atoms with E-state index in [0.717, 1.165) is 16.9 Å². The van der Waals surface area contributed by atoms with Crippen LogP contribution < -0.4 is 5.32 Å². The zero-order chi connectivity index (χ0) is 17.1. The molecule has 25 heavy (non-hydrogen) atoms. The summed E-state index contributed by atoms with van der Waals surface area (Å²) in [6, 6.07) is 12.0. The maximum absolute atomic E-state index is 12.2. The topological polar surface area (TPSA) is 81.9 Å². The van der Waals surface area contributed by atoms with Crippen molar-refractivity contribution in [3.8, 4) is 10.7 Å². The molecule has 0 saturated carbocycles. The fourth-order valence-electron chi connectivity index (χ4n) is 2.85. The summed E-state index contributed by atoms with van der Waals surface area (Å²) in [5.74, 6) is 0.370. The van der Waals surface area contributed by atoms with Crippen LogP contribution in [0.1, 0.15) is 17.2 Å². The van der Waals surface area contributed by atoms with Gasteiger partial charge in [0, 0.05) is 6.54 Å². The predicted molar refractivity (Wildman–Crippen MR) is 93.0 cm³/mol. The number of thiophene rings is 1. The van der Waals surface area contributed by atoms with E-state index in [2.05, 4.69) is 32.9 Å². The maximum atomic E-state index is 12.2. The Morgan fingerprint density at radius 3 is 3.12 bits per heavy atom. The Kier molecular flexibility index (Phi) is 4.53. The first-order chi connectivity index (χ1) is 12.3. The van der Waals surface area contributed by atoms with E-state index in [1.165, 1.54) is 21.7 Å². The second-order valence-electron chi connectivity index (χ2n) is 5.73. The minimum absolute atomic E-state index is 0.0345. The lowest BCUT2D eigenvalue weighted by Gasteiger charge is -2.26. The van der Waals surface area contributed by atoms with Gasteiger partial charge in [0.15, 0.2) is 0 Å². The van der Waals surface area contributed by atoms with Gasteiger partial charge in [0.25, 0.3) is 0 Å². The van der Waals surface area contributed by atoms with E-state index in [0.29, 0.717) is 19.0 Å². The van der Waals surface area contributed by atoms with Gasteiger partial charge in [0.05, 0.1) is 11.5 Å². The third-order valence-electron chi connectivity index (χ3n) is 4.06. The monoisotopic (exact) mass is 355 g/mol. The number of hydrogen-bond donors (Lipinski definition) is 1. The number of fused-ring (bicyclic) bond motifs is 1. The van der Waals surface area contributed by atoms with Crippen molar-refractivity contribution in [2.24, 2.45) is 0 Å². The lowest BCUT2D eigenvalue weighted by molar-refractivity contribution is -0.122. The number of nitrogens with zero attached hydrogens (tertiary/aromatic N) is 4. The van der Waals surface area contributed by atoms with E-state index in [1.54, 1.807) is 0 Å². The highest BCUT2D eigenvalue weighted by Crippen LogP contribution is 2.26. The molecule has 3 aromatic rings. The van der Waals surface area contributed by atoms with Gasteiger partial charge in [-0.3, -0.25) is 4.79 Å². The number of aromatic nitrogens is 4. The molecule has 0 bridgehead atoms. The van der Waals surface area contributed by atoms with Crippen LogP contribution in [0.4, 0.5) is 0 Å². The van der Waals surface area contributed by atoms with Crippen molar-refractivity contribution >= 4 is 17.2 Å². The molecule has 0 radical (unpaired) electrons. The van der Waals surface area contributed by atoms with Crippen molar-refractivity contribution in [1.82, 2.24) is 25.5 Å². The molecule has 1 aliphatic rings. The molecule has 8 heteroatoms. The normalized spacial score (nSPS) is 16.4. The number of carbonyl (C=O) groups is 1.